The molecule has 0 aliphatic carbocycles. The molecule has 0 N–H and O–H groups in total. The molecule has 0 radical (unpaired) electrons. The van der Waals surface area contributed by atoms with E-state index < -0.39 is 0 Å². The van der Waals surface area contributed by atoms with E-state index in [1.807, 2.05) is 0 Å². The van der Waals surface area contributed by atoms with Gasteiger partial charge in [-0.25, -0.2) is 9.97 Å². The van der Waals surface area contributed by atoms with Gasteiger partial charge in [-0.1, -0.05) is 60.7 Å². The molecule has 11 aromatic rings. The highest BCUT2D eigenvalue weighted by Gasteiger charge is 2.18. The predicted molar refractivity (Wildman–Crippen MR) is 300 cm³/mol. The summed E-state index contributed by atoms with van der Waals surface area (Å²) in [4.78, 5) is 40.9. The molecule has 4 heterocycles. The first-order chi connectivity index (χ1) is 35.3. The van der Waals surface area contributed by atoms with E-state index in [-0.39, 0.29) is 11.9 Å². The fraction of sp³-hybridized carbons (Fsp3) is 0.100. The van der Waals surface area contributed by atoms with Gasteiger partial charge in [0.1, 0.15) is 10.0 Å². The number of rotatable bonds is 16. The van der Waals surface area contributed by atoms with Gasteiger partial charge in [0.05, 0.1) is 34.7 Å². The van der Waals surface area contributed by atoms with Gasteiger partial charge < -0.3 is 19.3 Å². The number of aromatic nitrogens is 2. The zero-order chi connectivity index (χ0) is 49.0. The molecule has 0 amide bonds. The van der Waals surface area contributed by atoms with E-state index in [0.717, 1.165) is 86.8 Å². The molecule has 7 aromatic carbocycles. The lowest BCUT2D eigenvalue weighted by atomic mass is 10.1. The van der Waals surface area contributed by atoms with Crippen molar-refractivity contribution in [3.8, 4) is 42.0 Å². The smallest absolute Gasteiger partial charge is 0.305 e. The number of anilines is 6. The molecule has 0 spiro atoms. The Morgan fingerprint density at radius 1 is 0.431 bits per heavy atom. The molecule has 8 nitrogen and oxygen atoms in total. The van der Waals surface area contributed by atoms with Crippen molar-refractivity contribution >= 4 is 112 Å². The number of nitrogens with zero attached hydrogens (tertiary/aromatic N) is 4. The number of hydrogen-bond acceptors (Lipinski definition) is 12. The summed E-state index contributed by atoms with van der Waals surface area (Å²) < 4.78 is 11.9. The SMILES string of the molecule is COC(=O)CCc1ccc(N(c2ccc(-c3cccs3)cc2)c2ccc(-c3nc4cc5sc(-c6ccc(N(c7ccc(CCC(=O)OC)cc7)c7ccc(-c8cccs8)cc7)cc6)nc5cc4s3)cc2)cc1. The van der Waals surface area contributed by atoms with E-state index in [9.17, 15) is 9.59 Å². The average Bonchev–Trinajstić information content (AvgIpc) is 4.30. The Labute approximate surface area is 433 Å². The number of carbonyl (C=O) groups is 2. The summed E-state index contributed by atoms with van der Waals surface area (Å²) in [6, 6.07) is 64.2. The van der Waals surface area contributed by atoms with Crippen molar-refractivity contribution in [3.05, 3.63) is 204 Å². The lowest BCUT2D eigenvalue weighted by Crippen LogP contribution is -2.10. The van der Waals surface area contributed by atoms with Crippen molar-refractivity contribution in [2.75, 3.05) is 24.0 Å². The maximum Gasteiger partial charge on any atom is 0.305 e. The van der Waals surface area contributed by atoms with Crippen LogP contribution in [0.3, 0.4) is 0 Å². The Balaban J connectivity index is 0.840. The monoisotopic (exact) mass is 1010 g/mol. The molecule has 0 unspecified atom stereocenters. The third-order valence-electron chi connectivity index (χ3n) is 12.6. The van der Waals surface area contributed by atoms with Crippen molar-refractivity contribution in [1.82, 2.24) is 9.97 Å². The van der Waals surface area contributed by atoms with E-state index in [2.05, 4.69) is 203 Å². The van der Waals surface area contributed by atoms with Gasteiger partial charge in [-0.3, -0.25) is 9.59 Å². The van der Waals surface area contributed by atoms with Gasteiger partial charge in [-0.15, -0.1) is 45.3 Å². The Morgan fingerprint density at radius 2 is 0.750 bits per heavy atom. The van der Waals surface area contributed by atoms with Gasteiger partial charge >= 0.3 is 11.9 Å². The number of methoxy groups -OCH3 is 2. The second-order valence-corrected chi connectivity index (χ2v) is 21.1. The Bertz CT molecular complexity index is 3320. The number of thiazole rings is 2. The molecule has 0 aliphatic heterocycles. The molecule has 72 heavy (non-hydrogen) atoms. The van der Waals surface area contributed by atoms with Gasteiger partial charge in [0, 0.05) is 67.8 Å². The minimum atomic E-state index is -0.212. The van der Waals surface area contributed by atoms with E-state index in [0.29, 0.717) is 25.7 Å². The molecule has 0 aliphatic rings. The fourth-order valence-electron chi connectivity index (χ4n) is 8.75. The topological polar surface area (TPSA) is 84.9 Å². The van der Waals surface area contributed by atoms with E-state index in [1.54, 1.807) is 45.3 Å². The summed E-state index contributed by atoms with van der Waals surface area (Å²) in [5.74, 6) is -0.425. The second-order valence-electron chi connectivity index (χ2n) is 17.1. The summed E-state index contributed by atoms with van der Waals surface area (Å²) in [7, 11) is 2.85. The molecule has 4 aromatic heterocycles. The van der Waals surface area contributed by atoms with Crippen LogP contribution in [-0.4, -0.2) is 36.1 Å². The number of ether oxygens (including phenoxy) is 2. The largest absolute Gasteiger partial charge is 0.469 e. The lowest BCUT2D eigenvalue weighted by molar-refractivity contribution is -0.141. The van der Waals surface area contributed by atoms with Crippen LogP contribution in [0.1, 0.15) is 24.0 Å². The fourth-order valence-corrected chi connectivity index (χ4v) is 12.2. The van der Waals surface area contributed by atoms with Crippen LogP contribution >= 0.6 is 45.3 Å². The molecule has 0 saturated heterocycles. The van der Waals surface area contributed by atoms with Gasteiger partial charge in [-0.2, -0.15) is 0 Å². The minimum absolute atomic E-state index is 0.212. The molecular weight excluding hydrogens is 969 g/mol. The summed E-state index contributed by atoms with van der Waals surface area (Å²) in [5, 5.41) is 6.11. The van der Waals surface area contributed by atoms with Crippen LogP contribution < -0.4 is 9.80 Å². The van der Waals surface area contributed by atoms with Gasteiger partial charge in [-0.05, 0) is 167 Å². The van der Waals surface area contributed by atoms with Crippen LogP contribution in [0.2, 0.25) is 0 Å². The summed E-state index contributed by atoms with van der Waals surface area (Å²) in [6.45, 7) is 0. The molecule has 354 valence electrons. The average molecular weight is 1020 g/mol. The predicted octanol–water partition coefficient (Wildman–Crippen LogP) is 16.8. The first-order valence-electron chi connectivity index (χ1n) is 23.5. The zero-order valence-corrected chi connectivity index (χ0v) is 42.6. The van der Waals surface area contributed by atoms with Crippen molar-refractivity contribution < 1.29 is 19.1 Å². The Morgan fingerprint density at radius 3 is 1.06 bits per heavy atom. The first kappa shape index (κ1) is 46.6. The number of thiophene rings is 2. The number of esters is 2. The molecule has 0 atom stereocenters. The van der Waals surface area contributed by atoms with Gasteiger partial charge in [0.2, 0.25) is 0 Å². The van der Waals surface area contributed by atoms with Crippen molar-refractivity contribution in [2.45, 2.75) is 25.7 Å². The summed E-state index contributed by atoms with van der Waals surface area (Å²) in [6.07, 6.45) is 1.93. The maximum atomic E-state index is 11.8. The Hall–Kier alpha value is -7.74. The number of hydrogen-bond donors (Lipinski definition) is 0. The van der Waals surface area contributed by atoms with Crippen LogP contribution in [0.25, 0.3) is 62.5 Å². The van der Waals surface area contributed by atoms with Crippen LogP contribution in [0, 0.1) is 0 Å². The quantitative estimate of drug-likeness (QED) is 0.0885. The molecular formula is C60H46N4O4S4. The standard InChI is InChI=1S/C60H46N4O4S4/c1-67-57(65)33-11-39-7-21-45(22-8-39)63(47-25-13-41(14-26-47)53-5-3-35-69-53)49-29-17-43(18-30-49)59-61-51-37-56-52(38-55(51)71-59)62-60(72-56)44-19-31-50(32-20-44)64(46-23-9-40(10-24-46)12-34-58(66)68-2)48-27-15-42(16-28-48)54-6-4-36-70-54/h3-10,13-32,35-38H,11-12,33-34H2,1-2H3. The summed E-state index contributed by atoms with van der Waals surface area (Å²) >= 11 is 6.82. The van der Waals surface area contributed by atoms with Crippen LogP contribution in [0.15, 0.2) is 193 Å². The molecule has 0 bridgehead atoms. The Kier molecular flexibility index (Phi) is 13.6. The molecule has 12 heteroatoms. The normalized spacial score (nSPS) is 11.2. The lowest BCUT2D eigenvalue weighted by Gasteiger charge is -2.26. The highest BCUT2D eigenvalue weighted by atomic mass is 32.1. The van der Waals surface area contributed by atoms with Crippen molar-refractivity contribution in [2.24, 2.45) is 0 Å². The molecule has 11 rings (SSSR count). The van der Waals surface area contributed by atoms with Gasteiger partial charge in [0.15, 0.2) is 0 Å². The highest BCUT2D eigenvalue weighted by molar-refractivity contribution is 7.23. The second kappa shape index (κ2) is 20.9. The highest BCUT2D eigenvalue weighted by Crippen LogP contribution is 2.42. The van der Waals surface area contributed by atoms with Crippen LogP contribution in [0.4, 0.5) is 34.1 Å². The molecule has 0 saturated carbocycles. The number of carbonyl (C=O) groups excluding carboxylic acids is 2. The van der Waals surface area contributed by atoms with Crippen molar-refractivity contribution in [1.29, 1.82) is 0 Å². The van der Waals surface area contributed by atoms with E-state index >= 15 is 0 Å². The van der Waals surface area contributed by atoms with E-state index in [1.165, 1.54) is 35.1 Å². The summed E-state index contributed by atoms with van der Waals surface area (Å²) in [5.41, 5.74) is 14.7. The third kappa shape index (κ3) is 10.1. The maximum absolute atomic E-state index is 11.8. The van der Waals surface area contributed by atoms with Gasteiger partial charge in [0.25, 0.3) is 0 Å². The zero-order valence-electron chi connectivity index (χ0n) is 39.4. The number of aryl methyl sites for hydroxylation is 2. The first-order valence-corrected chi connectivity index (χ1v) is 26.9. The number of benzene rings is 7. The van der Waals surface area contributed by atoms with Crippen molar-refractivity contribution in [3.63, 3.8) is 0 Å². The number of fused-ring (bicyclic) bond motifs is 2. The third-order valence-corrected chi connectivity index (χ3v) is 16.6. The minimum Gasteiger partial charge on any atom is -0.469 e. The van der Waals surface area contributed by atoms with E-state index in [4.69, 9.17) is 19.4 Å². The molecule has 0 fully saturated rings. The van der Waals surface area contributed by atoms with Crippen LogP contribution in [-0.2, 0) is 31.9 Å². The van der Waals surface area contributed by atoms with Crippen LogP contribution in [0.5, 0.6) is 0 Å².